The second-order valence-corrected chi connectivity index (χ2v) is 5.05. The molecule has 114 valence electrons. The van der Waals surface area contributed by atoms with E-state index >= 15 is 0 Å². The Morgan fingerprint density at radius 3 is 2.38 bits per heavy atom. The summed E-state index contributed by atoms with van der Waals surface area (Å²) in [5.41, 5.74) is -1.59. The highest BCUT2D eigenvalue weighted by atomic mass is 16.6. The van der Waals surface area contributed by atoms with Crippen LogP contribution < -0.4 is 5.32 Å². The summed E-state index contributed by atoms with van der Waals surface area (Å²) in [5, 5.41) is 42.3. The Morgan fingerprint density at radius 1 is 1.19 bits per heavy atom. The first kappa shape index (κ1) is 14.9. The molecule has 2 rings (SSSR count). The van der Waals surface area contributed by atoms with Gasteiger partial charge >= 0.3 is 5.69 Å². The van der Waals surface area contributed by atoms with Crippen LogP contribution >= 0.6 is 0 Å². The average molecular weight is 296 g/mol. The Labute approximate surface area is 120 Å². The number of carbonyl (C=O) groups excluding carboxylic acids is 1. The highest BCUT2D eigenvalue weighted by molar-refractivity contribution is 6.01. The molecule has 21 heavy (non-hydrogen) atoms. The SMILES string of the molecule is O=C(NC1CCCCC1)c1c(O)cc(O)c([N+](=O)[O-])c1O. The molecule has 0 aromatic heterocycles. The standard InChI is InChI=1S/C13H16N2O6/c16-8-6-9(17)11(15(20)21)12(18)10(8)13(19)14-7-4-2-1-3-5-7/h6-7,16-18H,1-5H2,(H,14,19). The predicted molar refractivity (Wildman–Crippen MR) is 72.4 cm³/mol. The summed E-state index contributed by atoms with van der Waals surface area (Å²) in [6.07, 6.45) is 4.60. The minimum atomic E-state index is -1.04. The van der Waals surface area contributed by atoms with Crippen molar-refractivity contribution in [3.05, 3.63) is 21.7 Å². The molecular formula is C13H16N2O6. The van der Waals surface area contributed by atoms with Crippen LogP contribution in [-0.4, -0.2) is 32.2 Å². The number of carbonyl (C=O) groups is 1. The molecule has 0 spiro atoms. The molecular weight excluding hydrogens is 280 g/mol. The summed E-state index contributed by atoms with van der Waals surface area (Å²) in [7, 11) is 0. The third kappa shape index (κ3) is 2.99. The Morgan fingerprint density at radius 2 is 1.81 bits per heavy atom. The van der Waals surface area contributed by atoms with Gasteiger partial charge in [-0.05, 0) is 12.8 Å². The molecule has 1 aliphatic rings. The molecule has 0 saturated heterocycles. The maximum Gasteiger partial charge on any atom is 0.353 e. The van der Waals surface area contributed by atoms with Crippen LogP contribution in [0.2, 0.25) is 0 Å². The lowest BCUT2D eigenvalue weighted by molar-refractivity contribution is -0.386. The van der Waals surface area contributed by atoms with Crippen LogP contribution in [0.5, 0.6) is 17.2 Å². The van der Waals surface area contributed by atoms with E-state index in [4.69, 9.17) is 0 Å². The Hall–Kier alpha value is -2.51. The van der Waals surface area contributed by atoms with E-state index in [9.17, 15) is 30.2 Å². The Balaban J connectivity index is 2.31. The first-order valence-corrected chi connectivity index (χ1v) is 6.65. The van der Waals surface area contributed by atoms with Crippen molar-refractivity contribution in [3.8, 4) is 17.2 Å². The lowest BCUT2D eigenvalue weighted by Gasteiger charge is -2.23. The summed E-state index contributed by atoms with van der Waals surface area (Å²) in [6, 6.07) is 0.589. The van der Waals surface area contributed by atoms with Gasteiger partial charge in [0, 0.05) is 12.1 Å². The zero-order valence-electron chi connectivity index (χ0n) is 11.2. The van der Waals surface area contributed by atoms with Crippen molar-refractivity contribution in [1.82, 2.24) is 5.32 Å². The van der Waals surface area contributed by atoms with E-state index < -0.39 is 39.3 Å². The van der Waals surface area contributed by atoms with Gasteiger partial charge in [-0.15, -0.1) is 0 Å². The van der Waals surface area contributed by atoms with E-state index in [-0.39, 0.29) is 6.04 Å². The van der Waals surface area contributed by atoms with Gasteiger partial charge in [-0.3, -0.25) is 14.9 Å². The van der Waals surface area contributed by atoms with Gasteiger partial charge in [0.1, 0.15) is 11.3 Å². The number of hydrogen-bond donors (Lipinski definition) is 4. The third-order valence-corrected chi connectivity index (χ3v) is 3.58. The summed E-state index contributed by atoms with van der Waals surface area (Å²) < 4.78 is 0. The number of aromatic hydroxyl groups is 3. The van der Waals surface area contributed by atoms with Gasteiger partial charge < -0.3 is 20.6 Å². The molecule has 1 amide bonds. The number of nitro benzene ring substituents is 1. The van der Waals surface area contributed by atoms with Crippen LogP contribution in [0, 0.1) is 10.1 Å². The second-order valence-electron chi connectivity index (χ2n) is 5.05. The number of phenolic OH excluding ortho intramolecular Hbond substituents is 3. The van der Waals surface area contributed by atoms with E-state index in [1.165, 1.54) is 0 Å². The molecule has 1 fully saturated rings. The Kier molecular flexibility index (Phi) is 4.15. The van der Waals surface area contributed by atoms with Crippen molar-refractivity contribution in [2.45, 2.75) is 38.1 Å². The Bertz CT molecular complexity index is 581. The molecule has 1 aromatic carbocycles. The van der Waals surface area contributed by atoms with Gasteiger partial charge in [-0.2, -0.15) is 0 Å². The number of nitrogens with zero attached hydrogens (tertiary/aromatic N) is 1. The lowest BCUT2D eigenvalue weighted by atomic mass is 9.95. The molecule has 4 N–H and O–H groups in total. The van der Waals surface area contributed by atoms with E-state index in [1.807, 2.05) is 0 Å². The van der Waals surface area contributed by atoms with E-state index in [0.29, 0.717) is 6.07 Å². The van der Waals surface area contributed by atoms with Crippen molar-refractivity contribution in [3.63, 3.8) is 0 Å². The smallest absolute Gasteiger partial charge is 0.353 e. The molecule has 1 aromatic rings. The van der Waals surface area contributed by atoms with E-state index in [0.717, 1.165) is 32.1 Å². The van der Waals surface area contributed by atoms with Crippen LogP contribution in [0.25, 0.3) is 0 Å². The minimum absolute atomic E-state index is 0.0853. The highest BCUT2D eigenvalue weighted by Crippen LogP contribution is 2.42. The van der Waals surface area contributed by atoms with Gasteiger partial charge in [-0.1, -0.05) is 19.3 Å². The number of nitrogens with one attached hydrogen (secondary N) is 1. The van der Waals surface area contributed by atoms with Crippen molar-refractivity contribution >= 4 is 11.6 Å². The van der Waals surface area contributed by atoms with Gasteiger partial charge in [0.2, 0.25) is 11.5 Å². The van der Waals surface area contributed by atoms with Gasteiger partial charge in [0.05, 0.1) is 4.92 Å². The van der Waals surface area contributed by atoms with Crippen LogP contribution in [0.3, 0.4) is 0 Å². The maximum atomic E-state index is 12.1. The largest absolute Gasteiger partial charge is 0.507 e. The topological polar surface area (TPSA) is 133 Å². The number of rotatable bonds is 3. The fraction of sp³-hybridized carbons (Fsp3) is 0.462. The van der Waals surface area contributed by atoms with E-state index in [1.54, 1.807) is 0 Å². The van der Waals surface area contributed by atoms with Crippen LogP contribution in [0.4, 0.5) is 5.69 Å². The molecule has 0 atom stereocenters. The molecule has 0 heterocycles. The first-order chi connectivity index (χ1) is 9.91. The molecule has 1 aliphatic carbocycles. The summed E-state index contributed by atoms with van der Waals surface area (Å²) in [4.78, 5) is 21.9. The second kappa shape index (κ2) is 5.86. The summed E-state index contributed by atoms with van der Waals surface area (Å²) in [5.74, 6) is -3.43. The molecule has 8 nitrogen and oxygen atoms in total. The first-order valence-electron chi connectivity index (χ1n) is 6.65. The molecule has 0 unspecified atom stereocenters. The number of amides is 1. The molecule has 8 heteroatoms. The summed E-state index contributed by atoms with van der Waals surface area (Å²) >= 11 is 0. The van der Waals surface area contributed by atoms with Gasteiger partial charge in [0.15, 0.2) is 0 Å². The zero-order chi connectivity index (χ0) is 15.6. The number of nitro groups is 1. The quantitative estimate of drug-likeness (QED) is 0.496. The fourth-order valence-corrected chi connectivity index (χ4v) is 2.54. The zero-order valence-corrected chi connectivity index (χ0v) is 11.2. The molecule has 0 aliphatic heterocycles. The number of phenols is 3. The van der Waals surface area contributed by atoms with Crippen molar-refractivity contribution in [1.29, 1.82) is 0 Å². The fourth-order valence-electron chi connectivity index (χ4n) is 2.54. The van der Waals surface area contributed by atoms with Crippen LogP contribution in [0.15, 0.2) is 6.07 Å². The van der Waals surface area contributed by atoms with Crippen molar-refractivity contribution in [2.24, 2.45) is 0 Å². The van der Waals surface area contributed by atoms with Crippen molar-refractivity contribution in [2.75, 3.05) is 0 Å². The minimum Gasteiger partial charge on any atom is -0.507 e. The van der Waals surface area contributed by atoms with Gasteiger partial charge in [-0.25, -0.2) is 0 Å². The monoisotopic (exact) mass is 296 g/mol. The van der Waals surface area contributed by atoms with Gasteiger partial charge in [0.25, 0.3) is 5.91 Å². The number of benzene rings is 1. The van der Waals surface area contributed by atoms with Crippen LogP contribution in [0.1, 0.15) is 42.5 Å². The average Bonchev–Trinajstić information content (AvgIpc) is 2.38. The lowest BCUT2D eigenvalue weighted by Crippen LogP contribution is -2.36. The van der Waals surface area contributed by atoms with Crippen molar-refractivity contribution < 1.29 is 25.0 Å². The van der Waals surface area contributed by atoms with E-state index in [2.05, 4.69) is 5.32 Å². The molecule has 0 bridgehead atoms. The molecule has 0 radical (unpaired) electrons. The highest BCUT2D eigenvalue weighted by Gasteiger charge is 2.30. The number of hydrogen-bond acceptors (Lipinski definition) is 6. The normalized spacial score (nSPS) is 15.6. The maximum absolute atomic E-state index is 12.1. The van der Waals surface area contributed by atoms with Crippen LogP contribution in [-0.2, 0) is 0 Å². The third-order valence-electron chi connectivity index (χ3n) is 3.58. The predicted octanol–water partition coefficient (Wildman–Crippen LogP) is 1.77. The summed E-state index contributed by atoms with van der Waals surface area (Å²) in [6.45, 7) is 0. The molecule has 1 saturated carbocycles.